The average Bonchev–Trinajstić information content (AvgIpc) is 3.42. The summed E-state index contributed by atoms with van der Waals surface area (Å²) in [5.74, 6) is 2.22. The van der Waals surface area contributed by atoms with E-state index in [0.29, 0.717) is 17.6 Å². The summed E-state index contributed by atoms with van der Waals surface area (Å²) in [5, 5.41) is 9.95. The van der Waals surface area contributed by atoms with Gasteiger partial charge in [-0.25, -0.2) is 4.79 Å². The van der Waals surface area contributed by atoms with E-state index in [4.69, 9.17) is 9.47 Å². The van der Waals surface area contributed by atoms with Crippen LogP contribution in [0, 0.1) is 0 Å². The molecule has 2 aliphatic heterocycles. The number of nitrogens with zero attached hydrogens (tertiary/aromatic N) is 4. The van der Waals surface area contributed by atoms with Crippen molar-refractivity contribution < 1.29 is 14.3 Å². The number of methoxy groups -OCH3 is 1. The van der Waals surface area contributed by atoms with Gasteiger partial charge in [-0.15, -0.1) is 10.2 Å². The first kappa shape index (κ1) is 21.3. The molecule has 0 spiro atoms. The van der Waals surface area contributed by atoms with Crippen molar-refractivity contribution in [3.8, 4) is 0 Å². The lowest BCUT2D eigenvalue weighted by Crippen LogP contribution is -2.33. The SMILES string of the molecule is COC(=O)c1ccc(CN2CCC(c3nnc(SC[C@@H]4CCCO4)n3C)CC2)cc1. The Balaban J connectivity index is 1.27. The minimum absolute atomic E-state index is 0.292. The number of likely N-dealkylation sites (tertiary alicyclic amines) is 1. The first-order valence-electron chi connectivity index (χ1n) is 10.7. The Bertz CT molecular complexity index is 841. The molecule has 8 heteroatoms. The van der Waals surface area contributed by atoms with E-state index in [9.17, 15) is 4.79 Å². The van der Waals surface area contributed by atoms with Gasteiger partial charge in [-0.3, -0.25) is 4.90 Å². The van der Waals surface area contributed by atoms with Gasteiger partial charge in [0.1, 0.15) is 5.82 Å². The third kappa shape index (κ3) is 5.04. The Morgan fingerprint density at radius 3 is 2.63 bits per heavy atom. The van der Waals surface area contributed by atoms with E-state index < -0.39 is 0 Å². The average molecular weight is 431 g/mol. The molecule has 2 saturated heterocycles. The molecule has 162 valence electrons. The summed E-state index contributed by atoms with van der Waals surface area (Å²) in [7, 11) is 3.49. The van der Waals surface area contributed by atoms with Crippen molar-refractivity contribution in [1.82, 2.24) is 19.7 Å². The van der Waals surface area contributed by atoms with Gasteiger partial charge in [0, 0.05) is 31.9 Å². The molecule has 2 aliphatic rings. The molecule has 0 aliphatic carbocycles. The highest BCUT2D eigenvalue weighted by Crippen LogP contribution is 2.30. The maximum Gasteiger partial charge on any atom is 0.337 e. The van der Waals surface area contributed by atoms with Crippen LogP contribution in [0.4, 0.5) is 0 Å². The van der Waals surface area contributed by atoms with E-state index >= 15 is 0 Å². The molecule has 4 rings (SSSR count). The van der Waals surface area contributed by atoms with E-state index in [0.717, 1.165) is 62.2 Å². The summed E-state index contributed by atoms with van der Waals surface area (Å²) in [5.41, 5.74) is 1.81. The fourth-order valence-corrected chi connectivity index (χ4v) is 5.21. The number of esters is 1. The van der Waals surface area contributed by atoms with Gasteiger partial charge in [-0.1, -0.05) is 23.9 Å². The van der Waals surface area contributed by atoms with E-state index in [2.05, 4.69) is 26.7 Å². The van der Waals surface area contributed by atoms with Crippen molar-refractivity contribution >= 4 is 17.7 Å². The largest absolute Gasteiger partial charge is 0.465 e. The minimum atomic E-state index is -0.292. The summed E-state index contributed by atoms with van der Waals surface area (Å²) < 4.78 is 12.6. The Kier molecular flexibility index (Phi) is 7.07. The first-order valence-corrected chi connectivity index (χ1v) is 11.7. The molecule has 1 aromatic carbocycles. The highest BCUT2D eigenvalue weighted by atomic mass is 32.2. The Morgan fingerprint density at radius 1 is 1.20 bits per heavy atom. The van der Waals surface area contributed by atoms with Gasteiger partial charge in [0.15, 0.2) is 5.16 Å². The summed E-state index contributed by atoms with van der Waals surface area (Å²) >= 11 is 1.76. The highest BCUT2D eigenvalue weighted by molar-refractivity contribution is 7.99. The van der Waals surface area contributed by atoms with Crippen LogP contribution < -0.4 is 0 Å². The molecule has 0 amide bonds. The number of aromatic nitrogens is 3. The Hall–Kier alpha value is -1.90. The Labute approximate surface area is 182 Å². The number of hydrogen-bond donors (Lipinski definition) is 0. The molecule has 7 nitrogen and oxygen atoms in total. The molecule has 0 saturated carbocycles. The summed E-state index contributed by atoms with van der Waals surface area (Å²) in [6.07, 6.45) is 4.86. The molecule has 1 atom stereocenters. The van der Waals surface area contributed by atoms with Gasteiger partial charge < -0.3 is 14.0 Å². The van der Waals surface area contributed by atoms with Crippen molar-refractivity contribution in [2.24, 2.45) is 7.05 Å². The molecule has 0 unspecified atom stereocenters. The summed E-state index contributed by atoms with van der Waals surface area (Å²) in [6, 6.07) is 7.70. The van der Waals surface area contributed by atoms with Crippen LogP contribution in [-0.2, 0) is 23.1 Å². The third-order valence-electron chi connectivity index (χ3n) is 6.02. The number of carbonyl (C=O) groups excluding carboxylic acids is 1. The van der Waals surface area contributed by atoms with Crippen molar-refractivity contribution in [2.75, 3.05) is 32.6 Å². The van der Waals surface area contributed by atoms with Crippen LogP contribution in [0.15, 0.2) is 29.4 Å². The number of piperidine rings is 1. The zero-order valence-corrected chi connectivity index (χ0v) is 18.6. The van der Waals surface area contributed by atoms with Gasteiger partial charge >= 0.3 is 5.97 Å². The van der Waals surface area contributed by atoms with Crippen molar-refractivity contribution in [2.45, 2.75) is 49.4 Å². The van der Waals surface area contributed by atoms with Crippen molar-refractivity contribution in [3.05, 3.63) is 41.2 Å². The second-order valence-electron chi connectivity index (χ2n) is 8.08. The highest BCUT2D eigenvalue weighted by Gasteiger charge is 2.26. The molecule has 3 heterocycles. The maximum absolute atomic E-state index is 11.6. The van der Waals surface area contributed by atoms with Crippen LogP contribution >= 0.6 is 11.8 Å². The molecule has 2 fully saturated rings. The van der Waals surface area contributed by atoms with Crippen LogP contribution in [0.2, 0.25) is 0 Å². The zero-order chi connectivity index (χ0) is 20.9. The smallest absolute Gasteiger partial charge is 0.337 e. The molecule has 30 heavy (non-hydrogen) atoms. The van der Waals surface area contributed by atoms with Gasteiger partial charge in [0.25, 0.3) is 0 Å². The van der Waals surface area contributed by atoms with Crippen LogP contribution in [0.1, 0.15) is 53.3 Å². The topological polar surface area (TPSA) is 69.5 Å². The number of benzene rings is 1. The third-order valence-corrected chi connectivity index (χ3v) is 7.18. The lowest BCUT2D eigenvalue weighted by molar-refractivity contribution is 0.0600. The zero-order valence-electron chi connectivity index (χ0n) is 17.7. The monoisotopic (exact) mass is 430 g/mol. The van der Waals surface area contributed by atoms with E-state index in [1.165, 1.54) is 19.1 Å². The van der Waals surface area contributed by atoms with E-state index in [-0.39, 0.29) is 5.97 Å². The fraction of sp³-hybridized carbons (Fsp3) is 0.591. The van der Waals surface area contributed by atoms with Crippen LogP contribution in [0.5, 0.6) is 0 Å². The lowest BCUT2D eigenvalue weighted by atomic mass is 9.95. The predicted octanol–water partition coefficient (Wildman–Crippen LogP) is 3.25. The molecular formula is C22H30N4O3S. The molecule has 2 aromatic rings. The molecule has 0 bridgehead atoms. The normalized spacial score (nSPS) is 20.5. The van der Waals surface area contributed by atoms with Gasteiger partial charge in [-0.05, 0) is 56.5 Å². The number of carbonyl (C=O) groups is 1. The molecule has 0 radical (unpaired) electrons. The van der Waals surface area contributed by atoms with Crippen LogP contribution in [0.25, 0.3) is 0 Å². The summed E-state index contributed by atoms with van der Waals surface area (Å²) in [4.78, 5) is 14.0. The first-order chi connectivity index (χ1) is 14.6. The van der Waals surface area contributed by atoms with Gasteiger partial charge in [0.05, 0.1) is 18.8 Å². The van der Waals surface area contributed by atoms with E-state index in [1.54, 1.807) is 11.8 Å². The summed E-state index contributed by atoms with van der Waals surface area (Å²) in [6.45, 7) is 3.86. The number of ether oxygens (including phenoxy) is 2. The second kappa shape index (κ2) is 9.94. The molecule has 0 N–H and O–H groups in total. The fourth-order valence-electron chi connectivity index (χ4n) is 4.22. The number of rotatable bonds is 7. The minimum Gasteiger partial charge on any atom is -0.465 e. The lowest BCUT2D eigenvalue weighted by Gasteiger charge is -2.31. The number of hydrogen-bond acceptors (Lipinski definition) is 7. The Morgan fingerprint density at radius 2 is 1.97 bits per heavy atom. The predicted molar refractivity (Wildman–Crippen MR) is 116 cm³/mol. The van der Waals surface area contributed by atoms with Crippen LogP contribution in [0.3, 0.4) is 0 Å². The standard InChI is InChI=1S/C22H30N4O3S/c1-25-20(23-24-22(25)30-15-19-4-3-13-29-19)17-9-11-26(12-10-17)14-16-5-7-18(8-6-16)21(27)28-2/h5-8,17,19H,3-4,9-15H2,1-2H3/t19-/m0/s1. The van der Waals surface area contributed by atoms with Crippen molar-refractivity contribution in [3.63, 3.8) is 0 Å². The van der Waals surface area contributed by atoms with E-state index in [1.807, 2.05) is 24.3 Å². The van der Waals surface area contributed by atoms with Gasteiger partial charge in [0.2, 0.25) is 0 Å². The van der Waals surface area contributed by atoms with Crippen molar-refractivity contribution in [1.29, 1.82) is 0 Å². The van der Waals surface area contributed by atoms with Gasteiger partial charge in [-0.2, -0.15) is 0 Å². The second-order valence-corrected chi connectivity index (χ2v) is 9.07. The van der Waals surface area contributed by atoms with Crippen LogP contribution in [-0.4, -0.2) is 64.3 Å². The maximum atomic E-state index is 11.6. The molecule has 1 aromatic heterocycles. The number of thioether (sulfide) groups is 1. The molecular weight excluding hydrogens is 400 g/mol. The quantitative estimate of drug-likeness (QED) is 0.493.